The van der Waals surface area contributed by atoms with E-state index in [0.29, 0.717) is 12.6 Å². The lowest BCUT2D eigenvalue weighted by Crippen LogP contribution is -2.37. The van der Waals surface area contributed by atoms with Crippen LogP contribution in [0, 0.1) is 0 Å². The molecule has 1 aliphatic carbocycles. The minimum atomic E-state index is -0.279. The summed E-state index contributed by atoms with van der Waals surface area (Å²) in [5.74, 6) is -0.188. The summed E-state index contributed by atoms with van der Waals surface area (Å²) in [5.41, 5.74) is 0. The first-order chi connectivity index (χ1) is 8.27. The zero-order valence-electron chi connectivity index (χ0n) is 10.0. The van der Waals surface area contributed by atoms with Crippen LogP contribution in [-0.2, 0) is 0 Å². The van der Waals surface area contributed by atoms with E-state index in [1.54, 1.807) is 0 Å². The molecule has 1 aliphatic rings. The fourth-order valence-electron chi connectivity index (χ4n) is 2.21. The normalized spacial score (nSPS) is 16.6. The van der Waals surface area contributed by atoms with Crippen LogP contribution in [0.1, 0.15) is 36.3 Å². The maximum atomic E-state index is 11.5. The van der Waals surface area contributed by atoms with Gasteiger partial charge in [-0.3, -0.25) is 4.79 Å². The minimum absolute atomic E-state index is 0.0912. The largest absolute Gasteiger partial charge is 0.348 e. The molecule has 2 N–H and O–H groups in total. The first-order valence-electron chi connectivity index (χ1n) is 5.99. The summed E-state index contributed by atoms with van der Waals surface area (Å²) in [6, 6.07) is 0.678. The van der Waals surface area contributed by atoms with Gasteiger partial charge >= 0.3 is 0 Å². The second-order valence-electron chi connectivity index (χ2n) is 4.41. The number of nitrogens with zero attached hydrogens (tertiary/aromatic N) is 4. The summed E-state index contributed by atoms with van der Waals surface area (Å²) >= 11 is 0. The van der Waals surface area contributed by atoms with Crippen LogP contribution >= 0.6 is 0 Å². The van der Waals surface area contributed by atoms with E-state index in [2.05, 4.69) is 37.9 Å². The molecule has 2 rings (SSSR count). The third-order valence-electron chi connectivity index (χ3n) is 3.25. The number of hydrogen-bond donors (Lipinski definition) is 2. The van der Waals surface area contributed by atoms with Crippen molar-refractivity contribution >= 4 is 5.91 Å². The molecule has 7 nitrogen and oxygen atoms in total. The maximum absolute atomic E-state index is 11.5. The molecule has 1 amide bonds. The van der Waals surface area contributed by atoms with Crippen LogP contribution in [0.15, 0.2) is 0 Å². The monoisotopic (exact) mass is 238 g/mol. The highest BCUT2D eigenvalue weighted by Gasteiger charge is 2.19. The number of nitrogens with one attached hydrogen (secondary N) is 2. The van der Waals surface area contributed by atoms with E-state index in [0.717, 1.165) is 6.54 Å². The molecule has 1 fully saturated rings. The Labute approximate surface area is 100.0 Å². The van der Waals surface area contributed by atoms with Crippen molar-refractivity contribution in [2.75, 3.05) is 20.1 Å². The molecule has 7 heteroatoms. The Morgan fingerprint density at radius 2 is 2.29 bits per heavy atom. The van der Waals surface area contributed by atoms with Crippen LogP contribution < -0.4 is 5.32 Å². The molecule has 0 atom stereocenters. The predicted octanol–water partition coefficient (Wildman–Crippen LogP) is -0.196. The van der Waals surface area contributed by atoms with Crippen LogP contribution in [0.4, 0.5) is 0 Å². The lowest BCUT2D eigenvalue weighted by Gasteiger charge is -2.23. The number of aromatic nitrogens is 4. The fourth-order valence-corrected chi connectivity index (χ4v) is 2.21. The minimum Gasteiger partial charge on any atom is -0.348 e. The summed E-state index contributed by atoms with van der Waals surface area (Å²) in [7, 11) is 2.11. The summed E-state index contributed by atoms with van der Waals surface area (Å²) in [4.78, 5) is 13.8. The number of rotatable bonds is 5. The number of amides is 1. The molecule has 94 valence electrons. The second-order valence-corrected chi connectivity index (χ2v) is 4.41. The van der Waals surface area contributed by atoms with Crippen molar-refractivity contribution < 1.29 is 4.79 Å². The van der Waals surface area contributed by atoms with E-state index < -0.39 is 0 Å². The van der Waals surface area contributed by atoms with Gasteiger partial charge in [-0.2, -0.15) is 5.21 Å². The lowest BCUT2D eigenvalue weighted by atomic mass is 10.2. The molecule has 0 saturated heterocycles. The van der Waals surface area contributed by atoms with Gasteiger partial charge in [-0.1, -0.05) is 12.8 Å². The number of aromatic amines is 1. The Balaban J connectivity index is 1.67. The molecule has 0 aromatic carbocycles. The van der Waals surface area contributed by atoms with Crippen molar-refractivity contribution in [2.45, 2.75) is 31.7 Å². The number of carbonyl (C=O) groups is 1. The molecule has 1 aromatic heterocycles. The average molecular weight is 238 g/mol. The topological polar surface area (TPSA) is 86.8 Å². The molecule has 0 aliphatic heterocycles. The highest BCUT2D eigenvalue weighted by molar-refractivity contribution is 5.89. The molecule has 0 radical (unpaired) electrons. The van der Waals surface area contributed by atoms with E-state index in [-0.39, 0.29) is 11.7 Å². The highest BCUT2D eigenvalue weighted by atomic mass is 16.2. The van der Waals surface area contributed by atoms with Crippen LogP contribution in [-0.4, -0.2) is 57.6 Å². The summed E-state index contributed by atoms with van der Waals surface area (Å²) in [6.07, 6.45) is 5.19. The SMILES string of the molecule is CN(CCNC(=O)c1nn[nH]n1)C1CCCC1. The smallest absolute Gasteiger partial charge is 0.292 e. The summed E-state index contributed by atoms with van der Waals surface area (Å²) < 4.78 is 0. The standard InChI is InChI=1S/C10H18N6O/c1-16(8-4-2-3-5-8)7-6-11-10(17)9-12-14-15-13-9/h8H,2-7H2,1H3,(H,11,17)(H,12,13,14,15). The zero-order valence-corrected chi connectivity index (χ0v) is 10.0. The van der Waals surface area contributed by atoms with Gasteiger partial charge < -0.3 is 10.2 Å². The molecular formula is C10H18N6O. The number of hydrogen-bond acceptors (Lipinski definition) is 5. The Bertz CT molecular complexity index is 346. The third-order valence-corrected chi connectivity index (χ3v) is 3.25. The molecular weight excluding hydrogens is 220 g/mol. The number of H-pyrrole nitrogens is 1. The number of likely N-dealkylation sites (N-methyl/N-ethyl adjacent to an activating group) is 1. The van der Waals surface area contributed by atoms with Gasteiger partial charge in [0.15, 0.2) is 0 Å². The molecule has 1 saturated carbocycles. The van der Waals surface area contributed by atoms with E-state index in [1.807, 2.05) is 0 Å². The molecule has 1 aromatic rings. The molecule has 1 heterocycles. The van der Waals surface area contributed by atoms with Crippen molar-refractivity contribution in [1.29, 1.82) is 0 Å². The van der Waals surface area contributed by atoms with Gasteiger partial charge in [-0.05, 0) is 25.1 Å². The average Bonchev–Trinajstić information content (AvgIpc) is 3.02. The third kappa shape index (κ3) is 3.23. The van der Waals surface area contributed by atoms with Crippen LogP contribution in [0.3, 0.4) is 0 Å². The second kappa shape index (κ2) is 5.72. The zero-order chi connectivity index (χ0) is 12.1. The van der Waals surface area contributed by atoms with E-state index in [4.69, 9.17) is 0 Å². The molecule has 0 spiro atoms. The number of carbonyl (C=O) groups excluding carboxylic acids is 1. The van der Waals surface area contributed by atoms with Crippen molar-refractivity contribution in [3.63, 3.8) is 0 Å². The van der Waals surface area contributed by atoms with Gasteiger partial charge in [0.1, 0.15) is 0 Å². The van der Waals surface area contributed by atoms with E-state index in [9.17, 15) is 4.79 Å². The maximum Gasteiger partial charge on any atom is 0.292 e. The lowest BCUT2D eigenvalue weighted by molar-refractivity contribution is 0.0937. The van der Waals surface area contributed by atoms with Crippen LogP contribution in [0.5, 0.6) is 0 Å². The quantitative estimate of drug-likeness (QED) is 0.742. The van der Waals surface area contributed by atoms with Crippen molar-refractivity contribution in [1.82, 2.24) is 30.8 Å². The molecule has 0 unspecified atom stereocenters. The summed E-state index contributed by atoms with van der Waals surface area (Å²) in [5, 5.41) is 15.6. The first-order valence-corrected chi connectivity index (χ1v) is 5.99. The van der Waals surface area contributed by atoms with Crippen LogP contribution in [0.2, 0.25) is 0 Å². The van der Waals surface area contributed by atoms with Gasteiger partial charge in [-0.15, -0.1) is 10.2 Å². The highest BCUT2D eigenvalue weighted by Crippen LogP contribution is 2.21. The Kier molecular flexibility index (Phi) is 4.03. The van der Waals surface area contributed by atoms with E-state index >= 15 is 0 Å². The Morgan fingerprint density at radius 1 is 1.53 bits per heavy atom. The summed E-state index contributed by atoms with van der Waals surface area (Å²) in [6.45, 7) is 1.47. The van der Waals surface area contributed by atoms with Gasteiger partial charge in [0.05, 0.1) is 0 Å². The van der Waals surface area contributed by atoms with Crippen LogP contribution in [0.25, 0.3) is 0 Å². The van der Waals surface area contributed by atoms with Gasteiger partial charge in [0.2, 0.25) is 0 Å². The predicted molar refractivity (Wildman–Crippen MR) is 61.4 cm³/mol. The van der Waals surface area contributed by atoms with Gasteiger partial charge in [-0.25, -0.2) is 0 Å². The number of tetrazole rings is 1. The van der Waals surface area contributed by atoms with Crippen molar-refractivity contribution in [3.05, 3.63) is 5.82 Å². The van der Waals surface area contributed by atoms with Gasteiger partial charge in [0, 0.05) is 19.1 Å². The Hall–Kier alpha value is -1.50. The van der Waals surface area contributed by atoms with Crippen molar-refractivity contribution in [3.8, 4) is 0 Å². The fraction of sp³-hybridized carbons (Fsp3) is 0.800. The molecule has 0 bridgehead atoms. The van der Waals surface area contributed by atoms with Gasteiger partial charge in [0.25, 0.3) is 11.7 Å². The first kappa shape index (κ1) is 12.0. The van der Waals surface area contributed by atoms with E-state index in [1.165, 1.54) is 25.7 Å². The molecule has 17 heavy (non-hydrogen) atoms. The van der Waals surface area contributed by atoms with Crippen molar-refractivity contribution in [2.24, 2.45) is 0 Å². The Morgan fingerprint density at radius 3 is 2.94 bits per heavy atom.